The Morgan fingerprint density at radius 1 is 1.15 bits per heavy atom. The molecule has 0 aromatic heterocycles. The van der Waals surface area contributed by atoms with E-state index in [9.17, 15) is 0 Å². The molecule has 3 fully saturated rings. The summed E-state index contributed by atoms with van der Waals surface area (Å²) in [4.78, 5) is 2.56. The Bertz CT molecular complexity index is 176. The van der Waals surface area contributed by atoms with E-state index in [0.717, 1.165) is 23.7 Å². The summed E-state index contributed by atoms with van der Waals surface area (Å²) >= 11 is 0. The van der Waals surface area contributed by atoms with Crippen molar-refractivity contribution in [3.05, 3.63) is 0 Å². The van der Waals surface area contributed by atoms with Gasteiger partial charge in [0.15, 0.2) is 0 Å². The normalized spacial score (nSPS) is 41.1. The summed E-state index contributed by atoms with van der Waals surface area (Å²) in [5, 5.41) is 0. The standard InChI is InChI=1S/C12H23N/c1-9(2)12-6-10-4-5-11(12)8-13(3)7-10/h9-12H,4-8H2,1-3H3. The molecule has 3 unspecified atom stereocenters. The van der Waals surface area contributed by atoms with Crippen LogP contribution in [0.4, 0.5) is 0 Å². The smallest absolute Gasteiger partial charge is 0.000947 e. The third-order valence-electron chi connectivity index (χ3n) is 4.13. The van der Waals surface area contributed by atoms with Crippen molar-refractivity contribution in [2.24, 2.45) is 23.7 Å². The third kappa shape index (κ3) is 1.90. The summed E-state index contributed by atoms with van der Waals surface area (Å²) in [6.07, 6.45) is 4.50. The van der Waals surface area contributed by atoms with Crippen LogP contribution < -0.4 is 0 Å². The molecule has 0 radical (unpaired) electrons. The minimum Gasteiger partial charge on any atom is -0.306 e. The molecule has 13 heavy (non-hydrogen) atoms. The zero-order valence-electron chi connectivity index (χ0n) is 9.29. The molecular weight excluding hydrogens is 158 g/mol. The minimum absolute atomic E-state index is 0.902. The van der Waals surface area contributed by atoms with Crippen molar-refractivity contribution >= 4 is 0 Å². The van der Waals surface area contributed by atoms with E-state index < -0.39 is 0 Å². The maximum absolute atomic E-state index is 2.56. The molecule has 0 amide bonds. The summed E-state index contributed by atoms with van der Waals surface area (Å²) < 4.78 is 0. The van der Waals surface area contributed by atoms with Crippen LogP contribution in [0.2, 0.25) is 0 Å². The molecule has 2 aliphatic heterocycles. The second-order valence-electron chi connectivity index (χ2n) is 5.57. The maximum Gasteiger partial charge on any atom is 0.000947 e. The molecule has 0 spiro atoms. The van der Waals surface area contributed by atoms with Gasteiger partial charge in [-0.3, -0.25) is 0 Å². The SMILES string of the molecule is CC(C)C1CC2CCC1CN(C)C2. The first kappa shape index (κ1) is 9.51. The van der Waals surface area contributed by atoms with Gasteiger partial charge in [-0.25, -0.2) is 0 Å². The van der Waals surface area contributed by atoms with Crippen LogP contribution in [0.25, 0.3) is 0 Å². The Kier molecular flexibility index (Phi) is 2.64. The van der Waals surface area contributed by atoms with Crippen molar-refractivity contribution < 1.29 is 0 Å². The quantitative estimate of drug-likeness (QED) is 0.601. The predicted octanol–water partition coefficient (Wildman–Crippen LogP) is 2.62. The van der Waals surface area contributed by atoms with Gasteiger partial charge < -0.3 is 4.90 Å². The molecule has 2 heterocycles. The Hall–Kier alpha value is -0.0400. The van der Waals surface area contributed by atoms with E-state index in [4.69, 9.17) is 0 Å². The fraction of sp³-hybridized carbons (Fsp3) is 1.00. The van der Waals surface area contributed by atoms with Crippen LogP contribution in [0.5, 0.6) is 0 Å². The second-order valence-corrected chi connectivity index (χ2v) is 5.57. The zero-order chi connectivity index (χ0) is 9.42. The molecular formula is C12H23N. The van der Waals surface area contributed by atoms with Crippen LogP contribution >= 0.6 is 0 Å². The van der Waals surface area contributed by atoms with E-state index in [2.05, 4.69) is 25.8 Å². The summed E-state index contributed by atoms with van der Waals surface area (Å²) in [5.41, 5.74) is 0. The lowest BCUT2D eigenvalue weighted by molar-refractivity contribution is 0.163. The van der Waals surface area contributed by atoms with Crippen LogP contribution in [0.3, 0.4) is 0 Å². The van der Waals surface area contributed by atoms with E-state index in [0.29, 0.717) is 0 Å². The van der Waals surface area contributed by atoms with E-state index in [-0.39, 0.29) is 0 Å². The molecule has 1 heteroatoms. The first-order valence-corrected chi connectivity index (χ1v) is 5.85. The van der Waals surface area contributed by atoms with Gasteiger partial charge in [0.2, 0.25) is 0 Å². The Morgan fingerprint density at radius 3 is 2.62 bits per heavy atom. The number of hydrogen-bond donors (Lipinski definition) is 0. The van der Waals surface area contributed by atoms with Gasteiger partial charge in [-0.2, -0.15) is 0 Å². The predicted molar refractivity (Wildman–Crippen MR) is 56.7 cm³/mol. The van der Waals surface area contributed by atoms with Crippen molar-refractivity contribution in [2.75, 3.05) is 20.1 Å². The van der Waals surface area contributed by atoms with Gasteiger partial charge in [-0.05, 0) is 50.0 Å². The fourth-order valence-electron chi connectivity index (χ4n) is 3.48. The van der Waals surface area contributed by atoms with Crippen molar-refractivity contribution in [3.63, 3.8) is 0 Å². The van der Waals surface area contributed by atoms with Crippen molar-refractivity contribution in [2.45, 2.75) is 33.1 Å². The largest absolute Gasteiger partial charge is 0.306 e. The van der Waals surface area contributed by atoms with Gasteiger partial charge >= 0.3 is 0 Å². The highest BCUT2D eigenvalue weighted by atomic mass is 15.1. The second kappa shape index (κ2) is 3.61. The number of rotatable bonds is 1. The molecule has 2 bridgehead atoms. The van der Waals surface area contributed by atoms with Crippen molar-refractivity contribution in [1.82, 2.24) is 4.90 Å². The molecule has 0 N–H and O–H groups in total. The number of hydrogen-bond acceptors (Lipinski definition) is 1. The van der Waals surface area contributed by atoms with E-state index in [1.807, 2.05) is 0 Å². The summed E-state index contributed by atoms with van der Waals surface area (Å²) in [6.45, 7) is 7.54. The van der Waals surface area contributed by atoms with Gasteiger partial charge in [0.05, 0.1) is 0 Å². The van der Waals surface area contributed by atoms with Crippen LogP contribution in [-0.2, 0) is 0 Å². The average Bonchev–Trinajstić information content (AvgIpc) is 2.31. The average molecular weight is 181 g/mol. The fourth-order valence-corrected chi connectivity index (χ4v) is 3.48. The van der Waals surface area contributed by atoms with Crippen LogP contribution in [0.1, 0.15) is 33.1 Å². The first-order chi connectivity index (χ1) is 6.16. The van der Waals surface area contributed by atoms with E-state index >= 15 is 0 Å². The number of fused-ring (bicyclic) bond motifs is 4. The van der Waals surface area contributed by atoms with E-state index in [1.54, 1.807) is 0 Å². The van der Waals surface area contributed by atoms with Gasteiger partial charge in [-0.1, -0.05) is 13.8 Å². The molecule has 1 aliphatic carbocycles. The van der Waals surface area contributed by atoms with Gasteiger partial charge in [0.1, 0.15) is 0 Å². The minimum atomic E-state index is 0.902. The highest BCUT2D eigenvalue weighted by molar-refractivity contribution is 4.88. The molecule has 2 saturated heterocycles. The lowest BCUT2D eigenvalue weighted by atomic mass is 9.71. The topological polar surface area (TPSA) is 3.24 Å². The third-order valence-corrected chi connectivity index (χ3v) is 4.13. The van der Waals surface area contributed by atoms with Gasteiger partial charge in [0.25, 0.3) is 0 Å². The van der Waals surface area contributed by atoms with Crippen molar-refractivity contribution in [1.29, 1.82) is 0 Å². The summed E-state index contributed by atoms with van der Waals surface area (Å²) in [5.74, 6) is 3.93. The first-order valence-electron chi connectivity index (χ1n) is 5.85. The molecule has 1 nitrogen and oxygen atoms in total. The van der Waals surface area contributed by atoms with Crippen LogP contribution in [-0.4, -0.2) is 25.0 Å². The van der Waals surface area contributed by atoms with Crippen molar-refractivity contribution in [3.8, 4) is 0 Å². The monoisotopic (exact) mass is 181 g/mol. The van der Waals surface area contributed by atoms with Crippen LogP contribution in [0.15, 0.2) is 0 Å². The Labute approximate surface area is 82.5 Å². The highest BCUT2D eigenvalue weighted by Crippen LogP contribution is 2.41. The summed E-state index contributed by atoms with van der Waals surface area (Å²) in [7, 11) is 2.30. The lowest BCUT2D eigenvalue weighted by Crippen LogP contribution is -2.29. The molecule has 0 aromatic carbocycles. The maximum atomic E-state index is 2.56. The molecule has 3 aliphatic rings. The molecule has 76 valence electrons. The zero-order valence-corrected chi connectivity index (χ0v) is 9.29. The summed E-state index contributed by atoms with van der Waals surface area (Å²) in [6, 6.07) is 0. The molecule has 1 saturated carbocycles. The molecule has 0 aromatic rings. The lowest BCUT2D eigenvalue weighted by Gasteiger charge is -2.34. The number of nitrogens with zero attached hydrogens (tertiary/aromatic N) is 1. The van der Waals surface area contributed by atoms with Gasteiger partial charge in [-0.15, -0.1) is 0 Å². The highest BCUT2D eigenvalue weighted by Gasteiger charge is 2.36. The Balaban J connectivity index is 2.09. The van der Waals surface area contributed by atoms with Gasteiger partial charge in [0, 0.05) is 13.1 Å². The molecule has 3 atom stereocenters. The molecule has 3 rings (SSSR count). The van der Waals surface area contributed by atoms with E-state index in [1.165, 1.54) is 32.4 Å². The Morgan fingerprint density at radius 2 is 1.92 bits per heavy atom. The van der Waals surface area contributed by atoms with Crippen LogP contribution in [0, 0.1) is 23.7 Å².